The lowest BCUT2D eigenvalue weighted by Crippen LogP contribution is -2.35. The Balaban J connectivity index is 2.36. The molecule has 0 spiro atoms. The van der Waals surface area contributed by atoms with Crippen LogP contribution in [0.1, 0.15) is 35.5 Å². The molecule has 0 aliphatic carbocycles. The van der Waals surface area contributed by atoms with Gasteiger partial charge >= 0.3 is 5.97 Å². The van der Waals surface area contributed by atoms with Crippen molar-refractivity contribution in [2.24, 2.45) is 0 Å². The number of carbonyl (C=O) groups excluding carboxylic acids is 2. The maximum absolute atomic E-state index is 11.7. The summed E-state index contributed by atoms with van der Waals surface area (Å²) in [5.41, 5.74) is 1.84. The number of halogens is 1. The summed E-state index contributed by atoms with van der Waals surface area (Å²) >= 11 is 6.25. The number of aromatic nitrogens is 1. The summed E-state index contributed by atoms with van der Waals surface area (Å²) in [5.74, 6) is -0.494. The summed E-state index contributed by atoms with van der Waals surface area (Å²) in [5, 5.41) is 0.342. The van der Waals surface area contributed by atoms with E-state index < -0.39 is 5.97 Å². The van der Waals surface area contributed by atoms with E-state index in [0.717, 1.165) is 11.3 Å². The Morgan fingerprint density at radius 3 is 2.89 bits per heavy atom. The van der Waals surface area contributed by atoms with Gasteiger partial charge in [0.05, 0.1) is 17.2 Å². The third-order valence-corrected chi connectivity index (χ3v) is 3.54. The van der Waals surface area contributed by atoms with Crippen molar-refractivity contribution in [3.8, 4) is 0 Å². The number of nitrogens with zero attached hydrogens (tertiary/aromatic N) is 2. The van der Waals surface area contributed by atoms with E-state index in [1.165, 1.54) is 13.1 Å². The minimum absolute atomic E-state index is 0.0109. The number of hydrogen-bond acceptors (Lipinski definition) is 4. The highest BCUT2D eigenvalue weighted by molar-refractivity contribution is 6.34. The first kappa shape index (κ1) is 13.8. The summed E-state index contributed by atoms with van der Waals surface area (Å²) in [7, 11) is 0. The largest absolute Gasteiger partial charge is 0.462 e. The fourth-order valence-electron chi connectivity index (χ4n) is 2.07. The van der Waals surface area contributed by atoms with Crippen LogP contribution in [0.2, 0.25) is 5.02 Å². The van der Waals surface area contributed by atoms with Crippen molar-refractivity contribution < 1.29 is 14.3 Å². The minimum atomic E-state index is -0.484. The van der Waals surface area contributed by atoms with Crippen LogP contribution >= 0.6 is 11.6 Å². The van der Waals surface area contributed by atoms with Crippen LogP contribution in [0, 0.1) is 0 Å². The molecule has 1 aliphatic rings. The van der Waals surface area contributed by atoms with Crippen LogP contribution in [-0.2, 0) is 22.5 Å². The molecule has 5 nitrogen and oxygen atoms in total. The summed E-state index contributed by atoms with van der Waals surface area (Å²) in [6.07, 6.45) is 2.10. The van der Waals surface area contributed by atoms with Gasteiger partial charge in [-0.05, 0) is 6.92 Å². The molecule has 0 saturated carbocycles. The van der Waals surface area contributed by atoms with Gasteiger partial charge in [0.2, 0.25) is 5.91 Å². The molecule has 102 valence electrons. The van der Waals surface area contributed by atoms with E-state index in [2.05, 4.69) is 4.98 Å². The molecular formula is C13H15ClN2O3. The van der Waals surface area contributed by atoms with Gasteiger partial charge in [0, 0.05) is 43.9 Å². The predicted octanol–water partition coefficient (Wildman–Crippen LogP) is 1.82. The molecule has 0 aromatic carbocycles. The molecule has 0 atom stereocenters. The molecule has 2 heterocycles. The third-order valence-electron chi connectivity index (χ3n) is 3.11. The third kappa shape index (κ3) is 2.71. The average molecular weight is 283 g/mol. The Labute approximate surface area is 116 Å². The topological polar surface area (TPSA) is 59.5 Å². The van der Waals surface area contributed by atoms with Gasteiger partial charge in [-0.1, -0.05) is 11.6 Å². The predicted molar refractivity (Wildman–Crippen MR) is 70.0 cm³/mol. The lowest BCUT2D eigenvalue weighted by molar-refractivity contribution is -0.129. The molecule has 6 heteroatoms. The number of pyridine rings is 1. The van der Waals surface area contributed by atoms with E-state index >= 15 is 0 Å². The molecule has 0 radical (unpaired) electrons. The first-order valence-corrected chi connectivity index (χ1v) is 6.51. The summed E-state index contributed by atoms with van der Waals surface area (Å²) in [6.45, 7) is 4.55. The maximum atomic E-state index is 11.7. The van der Waals surface area contributed by atoms with Gasteiger partial charge in [-0.2, -0.15) is 0 Å². The van der Waals surface area contributed by atoms with Crippen LogP contribution in [0.25, 0.3) is 0 Å². The van der Waals surface area contributed by atoms with Gasteiger partial charge < -0.3 is 9.64 Å². The van der Waals surface area contributed by atoms with E-state index in [4.69, 9.17) is 16.3 Å². The first-order valence-electron chi connectivity index (χ1n) is 6.13. The van der Waals surface area contributed by atoms with Crippen molar-refractivity contribution in [3.05, 3.63) is 28.0 Å². The number of hydrogen-bond donors (Lipinski definition) is 0. The second kappa shape index (κ2) is 5.57. The first-order chi connectivity index (χ1) is 9.04. The van der Waals surface area contributed by atoms with Crippen LogP contribution in [0.3, 0.4) is 0 Å². The zero-order valence-electron chi connectivity index (χ0n) is 10.9. The Morgan fingerprint density at radius 2 is 2.26 bits per heavy atom. The molecule has 0 unspecified atom stereocenters. The molecule has 1 aromatic heterocycles. The highest BCUT2D eigenvalue weighted by Crippen LogP contribution is 2.28. The van der Waals surface area contributed by atoms with Crippen LogP contribution in [-0.4, -0.2) is 34.9 Å². The lowest BCUT2D eigenvalue weighted by atomic mass is 10.0. The van der Waals surface area contributed by atoms with E-state index in [0.29, 0.717) is 24.5 Å². The zero-order chi connectivity index (χ0) is 14.0. The standard InChI is InChI=1S/C13H15ClN2O3/c1-3-19-13(18)9-6-15-11-4-5-16(8(2)17)7-10(11)12(9)14/h6H,3-5,7H2,1-2H3. The smallest absolute Gasteiger partial charge is 0.341 e. The monoisotopic (exact) mass is 282 g/mol. The van der Waals surface area contributed by atoms with Gasteiger partial charge in [0.15, 0.2) is 0 Å². The SMILES string of the molecule is CCOC(=O)c1cnc2c(c1Cl)CN(C(C)=O)CC2. The van der Waals surface area contributed by atoms with Crippen LogP contribution in [0.5, 0.6) is 0 Å². The van der Waals surface area contributed by atoms with Crippen molar-refractivity contribution >= 4 is 23.5 Å². The number of fused-ring (bicyclic) bond motifs is 1. The molecule has 0 bridgehead atoms. The van der Waals surface area contributed by atoms with Gasteiger partial charge in [-0.3, -0.25) is 9.78 Å². The molecule has 2 rings (SSSR count). The van der Waals surface area contributed by atoms with Crippen molar-refractivity contribution in [2.75, 3.05) is 13.2 Å². The average Bonchev–Trinajstić information content (AvgIpc) is 2.39. The maximum Gasteiger partial charge on any atom is 0.341 e. The van der Waals surface area contributed by atoms with E-state index in [1.54, 1.807) is 11.8 Å². The van der Waals surface area contributed by atoms with Crippen LogP contribution in [0.15, 0.2) is 6.20 Å². The fourth-order valence-corrected chi connectivity index (χ4v) is 2.37. The number of rotatable bonds is 2. The van der Waals surface area contributed by atoms with Crippen LogP contribution in [0.4, 0.5) is 0 Å². The molecule has 1 amide bonds. The lowest BCUT2D eigenvalue weighted by Gasteiger charge is -2.28. The minimum Gasteiger partial charge on any atom is -0.462 e. The van der Waals surface area contributed by atoms with Gasteiger partial charge in [0.25, 0.3) is 0 Å². The van der Waals surface area contributed by atoms with E-state index in [1.807, 2.05) is 0 Å². The highest BCUT2D eigenvalue weighted by Gasteiger charge is 2.25. The van der Waals surface area contributed by atoms with Crippen molar-refractivity contribution in [1.29, 1.82) is 0 Å². The molecule has 0 saturated heterocycles. The van der Waals surface area contributed by atoms with Gasteiger partial charge in [-0.15, -0.1) is 0 Å². The van der Waals surface area contributed by atoms with Gasteiger partial charge in [0.1, 0.15) is 0 Å². The molecule has 0 fully saturated rings. The Hall–Kier alpha value is -1.62. The molecular weight excluding hydrogens is 268 g/mol. The number of esters is 1. The second-order valence-electron chi connectivity index (χ2n) is 4.32. The Bertz CT molecular complexity index is 531. The van der Waals surface area contributed by atoms with Crippen molar-refractivity contribution in [2.45, 2.75) is 26.8 Å². The Kier molecular flexibility index (Phi) is 4.04. The fraction of sp³-hybridized carbons (Fsp3) is 0.462. The second-order valence-corrected chi connectivity index (χ2v) is 4.70. The number of amides is 1. The van der Waals surface area contributed by atoms with E-state index in [9.17, 15) is 9.59 Å². The van der Waals surface area contributed by atoms with Crippen molar-refractivity contribution in [1.82, 2.24) is 9.88 Å². The zero-order valence-corrected chi connectivity index (χ0v) is 11.7. The van der Waals surface area contributed by atoms with Crippen molar-refractivity contribution in [3.63, 3.8) is 0 Å². The molecule has 1 aromatic rings. The quantitative estimate of drug-likeness (QED) is 0.776. The normalized spacial score (nSPS) is 13.9. The Morgan fingerprint density at radius 1 is 1.53 bits per heavy atom. The van der Waals surface area contributed by atoms with E-state index in [-0.39, 0.29) is 18.1 Å². The summed E-state index contributed by atoms with van der Waals surface area (Å²) in [6, 6.07) is 0. The number of ether oxygens (including phenoxy) is 1. The molecule has 1 aliphatic heterocycles. The summed E-state index contributed by atoms with van der Waals surface area (Å²) < 4.78 is 4.93. The van der Waals surface area contributed by atoms with Crippen LogP contribution < -0.4 is 0 Å². The number of carbonyl (C=O) groups is 2. The van der Waals surface area contributed by atoms with Gasteiger partial charge in [-0.25, -0.2) is 4.79 Å². The highest BCUT2D eigenvalue weighted by atomic mass is 35.5. The summed E-state index contributed by atoms with van der Waals surface area (Å²) in [4.78, 5) is 29.1. The molecule has 0 N–H and O–H groups in total. The molecule has 19 heavy (non-hydrogen) atoms.